The van der Waals surface area contributed by atoms with E-state index in [-0.39, 0.29) is 5.25 Å². The van der Waals surface area contributed by atoms with Crippen molar-refractivity contribution in [2.24, 2.45) is 5.73 Å². The summed E-state index contributed by atoms with van der Waals surface area (Å²) in [4.78, 5) is 11.1. The Bertz CT molecular complexity index is 371. The molecule has 16 heavy (non-hydrogen) atoms. The van der Waals surface area contributed by atoms with Gasteiger partial charge in [0.25, 0.3) is 0 Å². The summed E-state index contributed by atoms with van der Waals surface area (Å²) in [5.74, 6) is -0.893. The number of nitrogens with two attached hydrogens (primary N) is 1. The highest BCUT2D eigenvalue weighted by atomic mass is 32.2. The van der Waals surface area contributed by atoms with Crippen LogP contribution in [0.25, 0.3) is 0 Å². The molecule has 0 radical (unpaired) electrons. The molecular weight excluding hydrogens is 246 g/mol. The fraction of sp³-hybridized carbons (Fsp3) is 0.667. The Hall–Kier alpha value is -0.660. The van der Waals surface area contributed by atoms with Crippen LogP contribution in [0.5, 0.6) is 0 Å². The number of carboxylic acids is 1. The van der Waals surface area contributed by atoms with Crippen LogP contribution in [0, 0.1) is 0 Å². The molecular formula is C9H13N3O2S2. The Balaban J connectivity index is 1.99. The normalized spacial score (nSPS) is 30.2. The molecule has 0 amide bonds. The molecule has 3 N–H and O–H groups in total. The molecule has 88 valence electrons. The first-order valence-corrected chi connectivity index (χ1v) is 6.81. The van der Waals surface area contributed by atoms with Crippen molar-refractivity contribution in [2.45, 2.75) is 40.8 Å². The van der Waals surface area contributed by atoms with Crippen molar-refractivity contribution in [2.75, 3.05) is 0 Å². The number of rotatable bonds is 3. The Morgan fingerprint density at radius 2 is 2.56 bits per heavy atom. The van der Waals surface area contributed by atoms with Crippen LogP contribution < -0.4 is 5.73 Å². The van der Waals surface area contributed by atoms with E-state index in [4.69, 9.17) is 10.8 Å². The molecule has 5 nitrogen and oxygen atoms in total. The molecule has 1 saturated carbocycles. The van der Waals surface area contributed by atoms with Crippen LogP contribution in [0.3, 0.4) is 0 Å². The smallest absolute Gasteiger partial charge is 0.323 e. The van der Waals surface area contributed by atoms with Crippen LogP contribution in [-0.4, -0.2) is 32.1 Å². The maximum absolute atomic E-state index is 11.1. The predicted octanol–water partition coefficient (Wildman–Crippen LogP) is 1.35. The lowest BCUT2D eigenvalue weighted by Gasteiger charge is -2.33. The molecule has 1 aliphatic rings. The van der Waals surface area contributed by atoms with Gasteiger partial charge in [-0.25, -0.2) is 0 Å². The van der Waals surface area contributed by atoms with Gasteiger partial charge in [-0.15, -0.1) is 10.2 Å². The molecule has 1 heterocycles. The van der Waals surface area contributed by atoms with Gasteiger partial charge in [0.15, 0.2) is 4.34 Å². The third-order valence-corrected chi connectivity index (χ3v) is 4.85. The highest BCUT2D eigenvalue weighted by molar-refractivity contribution is 8.01. The maximum atomic E-state index is 11.1. The Morgan fingerprint density at radius 1 is 1.75 bits per heavy atom. The average molecular weight is 259 g/mol. The number of thioether (sulfide) groups is 1. The highest BCUT2D eigenvalue weighted by Crippen LogP contribution is 2.37. The molecule has 2 atom stereocenters. The number of hydrogen-bond donors (Lipinski definition) is 2. The van der Waals surface area contributed by atoms with E-state index in [9.17, 15) is 4.79 Å². The first kappa shape index (κ1) is 11.8. The molecule has 2 unspecified atom stereocenters. The summed E-state index contributed by atoms with van der Waals surface area (Å²) in [5, 5.41) is 17.0. The second-order valence-corrected chi connectivity index (χ2v) is 6.38. The zero-order valence-electron chi connectivity index (χ0n) is 8.63. The van der Waals surface area contributed by atoms with Gasteiger partial charge in [0.1, 0.15) is 11.0 Å². The summed E-state index contributed by atoms with van der Waals surface area (Å²) in [5.41, 5.74) is 6.50. The molecule has 1 aliphatic carbocycles. The quantitative estimate of drug-likeness (QED) is 0.852. The lowest BCUT2D eigenvalue weighted by Crippen LogP contribution is -2.51. The van der Waals surface area contributed by atoms with E-state index in [0.717, 1.165) is 17.2 Å². The zero-order chi connectivity index (χ0) is 11.6. The minimum absolute atomic E-state index is 0.239. The zero-order valence-corrected chi connectivity index (χ0v) is 10.3. The molecule has 1 fully saturated rings. The van der Waals surface area contributed by atoms with Gasteiger partial charge in [-0.1, -0.05) is 23.1 Å². The molecule has 2 rings (SSSR count). The molecule has 0 aliphatic heterocycles. The van der Waals surface area contributed by atoms with E-state index in [1.807, 2.05) is 0 Å². The largest absolute Gasteiger partial charge is 0.480 e. The van der Waals surface area contributed by atoms with E-state index >= 15 is 0 Å². The van der Waals surface area contributed by atoms with Crippen LogP contribution in [0.2, 0.25) is 0 Å². The van der Waals surface area contributed by atoms with Crippen molar-refractivity contribution < 1.29 is 9.90 Å². The number of aromatic nitrogens is 2. The number of nitrogens with zero attached hydrogens (tertiary/aromatic N) is 2. The summed E-state index contributed by atoms with van der Waals surface area (Å²) >= 11 is 3.07. The molecule has 0 spiro atoms. The van der Waals surface area contributed by atoms with Crippen LogP contribution in [0.15, 0.2) is 9.85 Å². The number of carbonyl (C=O) groups is 1. The van der Waals surface area contributed by atoms with Gasteiger partial charge < -0.3 is 10.8 Å². The molecule has 0 saturated heterocycles. The predicted molar refractivity (Wildman–Crippen MR) is 62.6 cm³/mol. The van der Waals surface area contributed by atoms with Crippen molar-refractivity contribution in [3.8, 4) is 0 Å². The van der Waals surface area contributed by atoms with Gasteiger partial charge in [0.2, 0.25) is 0 Å². The third kappa shape index (κ3) is 2.53. The summed E-state index contributed by atoms with van der Waals surface area (Å²) in [6.07, 6.45) is 2.93. The maximum Gasteiger partial charge on any atom is 0.323 e. The summed E-state index contributed by atoms with van der Waals surface area (Å²) < 4.78 is 0.889. The van der Waals surface area contributed by atoms with Gasteiger partial charge in [0, 0.05) is 5.25 Å². The summed E-state index contributed by atoms with van der Waals surface area (Å²) in [7, 11) is 0. The van der Waals surface area contributed by atoms with Crippen molar-refractivity contribution in [1.82, 2.24) is 10.2 Å². The molecule has 1 aromatic heterocycles. The van der Waals surface area contributed by atoms with E-state index in [1.54, 1.807) is 17.3 Å². The van der Waals surface area contributed by atoms with Gasteiger partial charge in [-0.3, -0.25) is 4.79 Å². The van der Waals surface area contributed by atoms with Crippen molar-refractivity contribution in [1.29, 1.82) is 0 Å². The topological polar surface area (TPSA) is 89.1 Å². The molecule has 1 aromatic rings. The van der Waals surface area contributed by atoms with Crippen LogP contribution in [0.4, 0.5) is 0 Å². The van der Waals surface area contributed by atoms with E-state index in [1.165, 1.54) is 11.3 Å². The van der Waals surface area contributed by atoms with Gasteiger partial charge in [-0.05, 0) is 25.7 Å². The van der Waals surface area contributed by atoms with Gasteiger partial charge in [0.05, 0.1) is 0 Å². The van der Waals surface area contributed by atoms with Crippen molar-refractivity contribution in [3.63, 3.8) is 0 Å². The van der Waals surface area contributed by atoms with Gasteiger partial charge in [-0.2, -0.15) is 0 Å². The molecule has 7 heteroatoms. The molecule has 0 bridgehead atoms. The monoisotopic (exact) mass is 259 g/mol. The number of hydrogen-bond acceptors (Lipinski definition) is 6. The Kier molecular flexibility index (Phi) is 3.46. The van der Waals surface area contributed by atoms with Crippen molar-refractivity contribution in [3.05, 3.63) is 5.51 Å². The number of carboxylic acid groups (broad SMARTS) is 1. The van der Waals surface area contributed by atoms with Gasteiger partial charge >= 0.3 is 5.97 Å². The lowest BCUT2D eigenvalue weighted by atomic mass is 9.82. The summed E-state index contributed by atoms with van der Waals surface area (Å²) in [6, 6.07) is 0. The van der Waals surface area contributed by atoms with E-state index in [0.29, 0.717) is 12.8 Å². The minimum atomic E-state index is -1.05. The average Bonchev–Trinajstić information content (AvgIpc) is 2.70. The van der Waals surface area contributed by atoms with Crippen LogP contribution in [0.1, 0.15) is 25.7 Å². The standard InChI is InChI=1S/C9H13N3O2S2/c10-9(7(13)14)3-1-2-6(4-9)16-8-12-11-5-15-8/h5-6H,1-4,10H2,(H,13,14). The van der Waals surface area contributed by atoms with E-state index in [2.05, 4.69) is 10.2 Å². The Morgan fingerprint density at radius 3 is 3.19 bits per heavy atom. The minimum Gasteiger partial charge on any atom is -0.480 e. The summed E-state index contributed by atoms with van der Waals surface area (Å²) in [6.45, 7) is 0. The van der Waals surface area contributed by atoms with E-state index < -0.39 is 11.5 Å². The number of aliphatic carboxylic acids is 1. The molecule has 0 aromatic carbocycles. The second-order valence-electron chi connectivity index (χ2n) is 4.00. The fourth-order valence-electron chi connectivity index (χ4n) is 1.91. The SMILES string of the molecule is NC1(C(=O)O)CCCC(Sc2nncs2)C1. The highest BCUT2D eigenvalue weighted by Gasteiger charge is 2.39. The fourth-order valence-corrected chi connectivity index (χ4v) is 3.99. The first-order valence-electron chi connectivity index (χ1n) is 5.05. The third-order valence-electron chi connectivity index (χ3n) is 2.77. The second kappa shape index (κ2) is 4.68. The van der Waals surface area contributed by atoms with Crippen LogP contribution >= 0.6 is 23.1 Å². The van der Waals surface area contributed by atoms with Crippen LogP contribution in [-0.2, 0) is 4.79 Å². The lowest BCUT2D eigenvalue weighted by molar-refractivity contribution is -0.144. The first-order chi connectivity index (χ1) is 7.60. The van der Waals surface area contributed by atoms with Crippen molar-refractivity contribution >= 4 is 29.1 Å². The Labute approximate surface area is 101 Å².